The lowest BCUT2D eigenvalue weighted by molar-refractivity contribution is -0.115. The monoisotopic (exact) mass is 236 g/mol. The van der Waals surface area contributed by atoms with Crippen LogP contribution < -0.4 is 0 Å². The highest BCUT2D eigenvalue weighted by Gasteiger charge is 2.08. The van der Waals surface area contributed by atoms with E-state index in [0.717, 1.165) is 12.8 Å². The van der Waals surface area contributed by atoms with Gasteiger partial charge in [-0.3, -0.25) is 4.79 Å². The first-order valence-corrected chi connectivity index (χ1v) is 7.55. The Bertz CT molecular complexity index is 240. The molecule has 0 aromatic heterocycles. The van der Waals surface area contributed by atoms with E-state index in [1.165, 1.54) is 69.8 Å². The van der Waals surface area contributed by atoms with Gasteiger partial charge in [0.1, 0.15) is 0 Å². The largest absolute Gasteiger partial charge is 0.295 e. The molecule has 0 bridgehead atoms. The van der Waals surface area contributed by atoms with Crippen molar-refractivity contribution in [1.82, 2.24) is 0 Å². The Morgan fingerprint density at radius 3 is 2.24 bits per heavy atom. The molecule has 0 aliphatic heterocycles. The Kier molecular flexibility index (Phi) is 8.04. The standard InChI is InChI=1S/C16H28O/c1-2-3-4-5-6-7-8-9-11-15-12-10-13-16(17)14-15/h14H,2-13H2,1H3. The van der Waals surface area contributed by atoms with Crippen molar-refractivity contribution >= 4 is 5.78 Å². The van der Waals surface area contributed by atoms with E-state index < -0.39 is 0 Å². The summed E-state index contributed by atoms with van der Waals surface area (Å²) in [7, 11) is 0. The summed E-state index contributed by atoms with van der Waals surface area (Å²) in [6.07, 6.45) is 17.1. The van der Waals surface area contributed by atoms with Crippen LogP contribution in [0.5, 0.6) is 0 Å². The van der Waals surface area contributed by atoms with Crippen molar-refractivity contribution in [2.24, 2.45) is 0 Å². The average molecular weight is 236 g/mol. The van der Waals surface area contributed by atoms with Crippen LogP contribution in [-0.2, 0) is 4.79 Å². The first-order valence-electron chi connectivity index (χ1n) is 7.55. The minimum atomic E-state index is 0.353. The summed E-state index contributed by atoms with van der Waals surface area (Å²) in [6, 6.07) is 0. The minimum Gasteiger partial charge on any atom is -0.295 e. The summed E-state index contributed by atoms with van der Waals surface area (Å²) in [5.74, 6) is 0.353. The Labute approximate surface area is 107 Å². The van der Waals surface area contributed by atoms with Crippen molar-refractivity contribution < 1.29 is 4.79 Å². The van der Waals surface area contributed by atoms with E-state index >= 15 is 0 Å². The lowest BCUT2D eigenvalue weighted by Crippen LogP contribution is -2.02. The SMILES string of the molecule is CCCCCCCCCCC1=CC(=O)CCC1. The zero-order valence-electron chi connectivity index (χ0n) is 11.5. The molecule has 1 nitrogen and oxygen atoms in total. The van der Waals surface area contributed by atoms with Crippen LogP contribution in [0.25, 0.3) is 0 Å². The van der Waals surface area contributed by atoms with Gasteiger partial charge in [-0.05, 0) is 31.8 Å². The molecule has 1 aliphatic rings. The lowest BCUT2D eigenvalue weighted by Gasteiger charge is -2.11. The van der Waals surface area contributed by atoms with Crippen molar-refractivity contribution in [3.05, 3.63) is 11.6 Å². The second-order valence-electron chi connectivity index (χ2n) is 5.35. The molecule has 1 heteroatoms. The molecule has 1 aliphatic carbocycles. The zero-order chi connectivity index (χ0) is 12.3. The van der Waals surface area contributed by atoms with Crippen LogP contribution in [0.1, 0.15) is 84.0 Å². The number of hydrogen-bond donors (Lipinski definition) is 0. The predicted molar refractivity (Wildman–Crippen MR) is 74.2 cm³/mol. The maximum Gasteiger partial charge on any atom is 0.155 e. The van der Waals surface area contributed by atoms with Gasteiger partial charge in [0.05, 0.1) is 0 Å². The zero-order valence-corrected chi connectivity index (χ0v) is 11.5. The molecule has 0 N–H and O–H groups in total. The fraction of sp³-hybridized carbons (Fsp3) is 0.812. The maximum absolute atomic E-state index is 11.2. The fourth-order valence-corrected chi connectivity index (χ4v) is 2.54. The molecule has 0 saturated heterocycles. The molecule has 0 amide bonds. The molecule has 98 valence electrons. The van der Waals surface area contributed by atoms with Crippen LogP contribution in [0.4, 0.5) is 0 Å². The molecule has 0 spiro atoms. The van der Waals surface area contributed by atoms with E-state index in [1.807, 2.05) is 6.08 Å². The highest BCUT2D eigenvalue weighted by atomic mass is 16.1. The number of ketones is 1. The number of rotatable bonds is 9. The van der Waals surface area contributed by atoms with Gasteiger partial charge in [0.15, 0.2) is 5.78 Å². The Hall–Kier alpha value is -0.590. The molecule has 0 saturated carbocycles. The number of hydrogen-bond acceptors (Lipinski definition) is 1. The van der Waals surface area contributed by atoms with E-state index in [0.29, 0.717) is 5.78 Å². The van der Waals surface area contributed by atoms with E-state index in [1.54, 1.807) is 0 Å². The van der Waals surface area contributed by atoms with Gasteiger partial charge in [0, 0.05) is 6.42 Å². The van der Waals surface area contributed by atoms with Crippen molar-refractivity contribution in [3.8, 4) is 0 Å². The summed E-state index contributed by atoms with van der Waals surface area (Å²) < 4.78 is 0. The van der Waals surface area contributed by atoms with Gasteiger partial charge in [0.2, 0.25) is 0 Å². The van der Waals surface area contributed by atoms with Gasteiger partial charge in [-0.2, -0.15) is 0 Å². The Morgan fingerprint density at radius 1 is 0.941 bits per heavy atom. The van der Waals surface area contributed by atoms with Crippen molar-refractivity contribution in [2.45, 2.75) is 84.0 Å². The molecule has 0 radical (unpaired) electrons. The summed E-state index contributed by atoms with van der Waals surface area (Å²) >= 11 is 0. The molecule has 1 rings (SSSR count). The number of unbranched alkanes of at least 4 members (excludes halogenated alkanes) is 7. The molecular weight excluding hydrogens is 208 g/mol. The van der Waals surface area contributed by atoms with Crippen molar-refractivity contribution in [2.75, 3.05) is 0 Å². The second-order valence-corrected chi connectivity index (χ2v) is 5.35. The van der Waals surface area contributed by atoms with Gasteiger partial charge in [-0.1, -0.05) is 57.4 Å². The highest BCUT2D eigenvalue weighted by Crippen LogP contribution is 2.21. The Balaban J connectivity index is 1.92. The predicted octanol–water partition coefficient (Wildman–Crippen LogP) is 5.20. The second kappa shape index (κ2) is 9.44. The van der Waals surface area contributed by atoms with Crippen LogP contribution >= 0.6 is 0 Å². The lowest BCUT2D eigenvalue weighted by atomic mass is 9.94. The maximum atomic E-state index is 11.2. The molecule has 0 aromatic rings. The van der Waals surface area contributed by atoms with Crippen molar-refractivity contribution in [1.29, 1.82) is 0 Å². The summed E-state index contributed by atoms with van der Waals surface area (Å²) in [4.78, 5) is 11.2. The third kappa shape index (κ3) is 7.36. The van der Waals surface area contributed by atoms with Crippen molar-refractivity contribution in [3.63, 3.8) is 0 Å². The molecule has 0 fully saturated rings. The van der Waals surface area contributed by atoms with Crippen LogP contribution in [0.15, 0.2) is 11.6 Å². The van der Waals surface area contributed by atoms with Gasteiger partial charge in [0.25, 0.3) is 0 Å². The number of carbonyl (C=O) groups excluding carboxylic acids is 1. The molecular formula is C16H28O. The van der Waals surface area contributed by atoms with Crippen LogP contribution in [0, 0.1) is 0 Å². The van der Waals surface area contributed by atoms with E-state index in [4.69, 9.17) is 0 Å². The van der Waals surface area contributed by atoms with Crippen LogP contribution in [0.2, 0.25) is 0 Å². The average Bonchev–Trinajstić information content (AvgIpc) is 2.33. The number of allylic oxidation sites excluding steroid dienone is 2. The third-order valence-corrected chi connectivity index (χ3v) is 3.64. The van der Waals surface area contributed by atoms with Crippen LogP contribution in [-0.4, -0.2) is 5.78 Å². The topological polar surface area (TPSA) is 17.1 Å². The molecule has 17 heavy (non-hydrogen) atoms. The summed E-state index contributed by atoms with van der Waals surface area (Å²) in [6.45, 7) is 2.26. The van der Waals surface area contributed by atoms with Gasteiger partial charge in [-0.25, -0.2) is 0 Å². The summed E-state index contributed by atoms with van der Waals surface area (Å²) in [5.41, 5.74) is 1.41. The van der Waals surface area contributed by atoms with E-state index in [-0.39, 0.29) is 0 Å². The molecule has 0 aromatic carbocycles. The summed E-state index contributed by atoms with van der Waals surface area (Å²) in [5, 5.41) is 0. The first-order chi connectivity index (χ1) is 8.33. The fourth-order valence-electron chi connectivity index (χ4n) is 2.54. The quantitative estimate of drug-likeness (QED) is 0.503. The minimum absolute atomic E-state index is 0.353. The molecule has 0 unspecified atom stereocenters. The normalized spacial score (nSPS) is 16.1. The molecule has 0 atom stereocenters. The van der Waals surface area contributed by atoms with E-state index in [9.17, 15) is 4.79 Å². The van der Waals surface area contributed by atoms with Gasteiger partial charge < -0.3 is 0 Å². The first kappa shape index (κ1) is 14.5. The third-order valence-electron chi connectivity index (χ3n) is 3.64. The Morgan fingerprint density at radius 2 is 1.59 bits per heavy atom. The number of carbonyl (C=O) groups is 1. The highest BCUT2D eigenvalue weighted by molar-refractivity contribution is 5.91. The van der Waals surface area contributed by atoms with E-state index in [2.05, 4.69) is 6.92 Å². The smallest absolute Gasteiger partial charge is 0.155 e. The molecule has 0 heterocycles. The van der Waals surface area contributed by atoms with Gasteiger partial charge >= 0.3 is 0 Å². The van der Waals surface area contributed by atoms with Crippen LogP contribution in [0.3, 0.4) is 0 Å². The van der Waals surface area contributed by atoms with Gasteiger partial charge in [-0.15, -0.1) is 0 Å².